The van der Waals surface area contributed by atoms with Gasteiger partial charge in [0.05, 0.1) is 23.1 Å². The van der Waals surface area contributed by atoms with Gasteiger partial charge >= 0.3 is 0 Å². The third kappa shape index (κ3) is 2.83. The van der Waals surface area contributed by atoms with Crippen LogP contribution in [0.25, 0.3) is 0 Å². The van der Waals surface area contributed by atoms with Gasteiger partial charge in [-0.2, -0.15) is 5.26 Å². The van der Waals surface area contributed by atoms with Crippen LogP contribution in [-0.4, -0.2) is 4.98 Å². The zero-order valence-electron chi connectivity index (χ0n) is 9.24. The Morgan fingerprint density at radius 3 is 2.82 bits per heavy atom. The molecule has 2 rings (SSSR count). The van der Waals surface area contributed by atoms with Crippen molar-refractivity contribution in [1.82, 2.24) is 4.98 Å². The van der Waals surface area contributed by atoms with Gasteiger partial charge in [0.1, 0.15) is 6.07 Å². The van der Waals surface area contributed by atoms with Crippen LogP contribution in [0.15, 0.2) is 41.1 Å². The fourth-order valence-corrected chi connectivity index (χ4v) is 1.86. The molecule has 0 spiro atoms. The van der Waals surface area contributed by atoms with Crippen LogP contribution in [-0.2, 0) is 0 Å². The normalized spacial score (nSPS) is 9.71. The van der Waals surface area contributed by atoms with E-state index in [1.54, 1.807) is 12.4 Å². The lowest BCUT2D eigenvalue weighted by Crippen LogP contribution is -1.94. The van der Waals surface area contributed by atoms with Crippen molar-refractivity contribution >= 4 is 27.3 Å². The van der Waals surface area contributed by atoms with Crippen molar-refractivity contribution in [2.45, 2.75) is 6.92 Å². The van der Waals surface area contributed by atoms with Crippen molar-refractivity contribution in [3.05, 3.63) is 52.3 Å². The van der Waals surface area contributed by atoms with Gasteiger partial charge in [-0.15, -0.1) is 0 Å². The molecule has 1 heterocycles. The Morgan fingerprint density at radius 1 is 1.29 bits per heavy atom. The molecule has 3 nitrogen and oxygen atoms in total. The summed E-state index contributed by atoms with van der Waals surface area (Å²) in [5.74, 6) is 0. The Labute approximate surface area is 108 Å². The fraction of sp³-hybridized carbons (Fsp3) is 0.0769. The lowest BCUT2D eigenvalue weighted by atomic mass is 10.1. The summed E-state index contributed by atoms with van der Waals surface area (Å²) in [5.41, 5.74) is 3.34. The molecular formula is C13H10BrN3. The summed E-state index contributed by atoms with van der Waals surface area (Å²) < 4.78 is 0.896. The molecule has 0 fully saturated rings. The smallest absolute Gasteiger partial charge is 0.101 e. The maximum absolute atomic E-state index is 9.06. The molecule has 1 N–H and O–H groups in total. The Kier molecular flexibility index (Phi) is 3.40. The molecule has 2 aromatic rings. The molecule has 0 unspecified atom stereocenters. The fourth-order valence-electron chi connectivity index (χ4n) is 1.50. The van der Waals surface area contributed by atoms with Crippen LogP contribution < -0.4 is 5.32 Å². The topological polar surface area (TPSA) is 48.7 Å². The van der Waals surface area contributed by atoms with E-state index in [1.165, 1.54) is 0 Å². The minimum atomic E-state index is 0.630. The van der Waals surface area contributed by atoms with Gasteiger partial charge in [0.15, 0.2) is 0 Å². The first-order chi connectivity index (χ1) is 8.19. The third-order valence-electron chi connectivity index (χ3n) is 2.28. The van der Waals surface area contributed by atoms with Crippen LogP contribution in [0.5, 0.6) is 0 Å². The van der Waals surface area contributed by atoms with E-state index >= 15 is 0 Å². The van der Waals surface area contributed by atoms with Crippen LogP contribution in [0.4, 0.5) is 11.4 Å². The highest BCUT2D eigenvalue weighted by Crippen LogP contribution is 2.22. The summed E-state index contributed by atoms with van der Waals surface area (Å²) >= 11 is 3.36. The predicted molar refractivity (Wildman–Crippen MR) is 71.1 cm³/mol. The number of nitrogens with one attached hydrogen (secondary N) is 1. The predicted octanol–water partition coefficient (Wildman–Crippen LogP) is 3.77. The molecule has 1 aromatic heterocycles. The zero-order chi connectivity index (χ0) is 12.3. The second-order valence-electron chi connectivity index (χ2n) is 3.68. The first-order valence-corrected chi connectivity index (χ1v) is 5.86. The lowest BCUT2D eigenvalue weighted by Gasteiger charge is -2.08. The number of hydrogen-bond acceptors (Lipinski definition) is 3. The number of nitrogens with zero attached hydrogens (tertiary/aromatic N) is 2. The Hall–Kier alpha value is -1.86. The monoisotopic (exact) mass is 287 g/mol. The first kappa shape index (κ1) is 11.6. The first-order valence-electron chi connectivity index (χ1n) is 5.07. The van der Waals surface area contributed by atoms with E-state index in [1.807, 2.05) is 31.2 Å². The summed E-state index contributed by atoms with van der Waals surface area (Å²) in [4.78, 5) is 4.06. The number of pyridine rings is 1. The maximum atomic E-state index is 9.06. The van der Waals surface area contributed by atoms with Crippen molar-refractivity contribution in [2.75, 3.05) is 5.32 Å². The standard InChI is InChI=1S/C13H10BrN3/c1-9-2-3-13(10(4-9)6-15)17-12-5-11(14)7-16-8-12/h2-5,7-8,17H,1H3. The Bertz CT molecular complexity index is 587. The molecule has 0 bridgehead atoms. The van der Waals surface area contributed by atoms with E-state index in [0.717, 1.165) is 21.4 Å². The number of rotatable bonds is 2. The number of aromatic nitrogens is 1. The minimum Gasteiger partial charge on any atom is -0.353 e. The van der Waals surface area contributed by atoms with Gasteiger partial charge in [0, 0.05) is 10.7 Å². The van der Waals surface area contributed by atoms with E-state index < -0.39 is 0 Å². The highest BCUT2D eigenvalue weighted by molar-refractivity contribution is 9.10. The van der Waals surface area contributed by atoms with E-state index in [-0.39, 0.29) is 0 Å². The molecule has 0 radical (unpaired) electrons. The Morgan fingerprint density at radius 2 is 2.12 bits per heavy atom. The lowest BCUT2D eigenvalue weighted by molar-refractivity contribution is 1.30. The number of hydrogen-bond donors (Lipinski definition) is 1. The molecule has 0 atom stereocenters. The van der Waals surface area contributed by atoms with Crippen molar-refractivity contribution < 1.29 is 0 Å². The molecule has 4 heteroatoms. The van der Waals surface area contributed by atoms with Crippen LogP contribution in [0.1, 0.15) is 11.1 Å². The Balaban J connectivity index is 2.34. The van der Waals surface area contributed by atoms with E-state index in [4.69, 9.17) is 5.26 Å². The second-order valence-corrected chi connectivity index (χ2v) is 4.59. The van der Waals surface area contributed by atoms with Gasteiger partial charge in [0.2, 0.25) is 0 Å². The number of benzene rings is 1. The molecule has 0 saturated carbocycles. The van der Waals surface area contributed by atoms with E-state index in [0.29, 0.717) is 5.56 Å². The quantitative estimate of drug-likeness (QED) is 0.915. The molecular weight excluding hydrogens is 278 g/mol. The average molecular weight is 288 g/mol. The van der Waals surface area contributed by atoms with Crippen molar-refractivity contribution in [3.63, 3.8) is 0 Å². The molecule has 1 aromatic carbocycles. The summed E-state index contributed by atoms with van der Waals surface area (Å²) in [6.07, 6.45) is 3.43. The van der Waals surface area contributed by atoms with Gasteiger partial charge in [-0.3, -0.25) is 4.98 Å². The van der Waals surface area contributed by atoms with Gasteiger partial charge in [0.25, 0.3) is 0 Å². The van der Waals surface area contributed by atoms with Gasteiger partial charge in [-0.25, -0.2) is 0 Å². The third-order valence-corrected chi connectivity index (χ3v) is 2.71. The molecule has 0 aliphatic rings. The van der Waals surface area contributed by atoms with Crippen LogP contribution in [0.2, 0.25) is 0 Å². The van der Waals surface area contributed by atoms with E-state index in [9.17, 15) is 0 Å². The molecule has 0 saturated heterocycles. The number of halogens is 1. The molecule has 0 amide bonds. The average Bonchev–Trinajstić information content (AvgIpc) is 2.31. The van der Waals surface area contributed by atoms with Crippen molar-refractivity contribution in [1.29, 1.82) is 5.26 Å². The molecule has 17 heavy (non-hydrogen) atoms. The summed E-state index contributed by atoms with van der Waals surface area (Å²) in [6.45, 7) is 1.96. The number of anilines is 2. The largest absolute Gasteiger partial charge is 0.353 e. The van der Waals surface area contributed by atoms with Gasteiger partial charge in [-0.1, -0.05) is 6.07 Å². The summed E-state index contributed by atoms with van der Waals surface area (Å²) in [6, 6.07) is 9.81. The van der Waals surface area contributed by atoms with Gasteiger partial charge in [-0.05, 0) is 46.6 Å². The molecule has 84 valence electrons. The van der Waals surface area contributed by atoms with E-state index in [2.05, 4.69) is 32.3 Å². The van der Waals surface area contributed by atoms with Crippen molar-refractivity contribution in [3.8, 4) is 6.07 Å². The SMILES string of the molecule is Cc1ccc(Nc2cncc(Br)c2)c(C#N)c1. The van der Waals surface area contributed by atoms with Crippen LogP contribution in [0, 0.1) is 18.3 Å². The minimum absolute atomic E-state index is 0.630. The van der Waals surface area contributed by atoms with Crippen LogP contribution >= 0.6 is 15.9 Å². The maximum Gasteiger partial charge on any atom is 0.101 e. The van der Waals surface area contributed by atoms with Gasteiger partial charge < -0.3 is 5.32 Å². The highest BCUT2D eigenvalue weighted by Gasteiger charge is 2.03. The second kappa shape index (κ2) is 4.98. The van der Waals surface area contributed by atoms with Crippen molar-refractivity contribution in [2.24, 2.45) is 0 Å². The summed E-state index contributed by atoms with van der Waals surface area (Å²) in [7, 11) is 0. The zero-order valence-corrected chi connectivity index (χ0v) is 10.8. The number of aryl methyl sites for hydroxylation is 1. The highest BCUT2D eigenvalue weighted by atomic mass is 79.9. The summed E-state index contributed by atoms with van der Waals surface area (Å²) in [5, 5.41) is 12.2. The number of nitriles is 1. The van der Waals surface area contributed by atoms with Crippen LogP contribution in [0.3, 0.4) is 0 Å². The molecule has 0 aliphatic heterocycles. The molecule has 0 aliphatic carbocycles.